The third-order valence-corrected chi connectivity index (χ3v) is 6.26. The molecule has 0 radical (unpaired) electrons. The highest BCUT2D eigenvalue weighted by atomic mass is 16.6. The molecule has 1 aliphatic heterocycles. The molecule has 1 aliphatic rings. The van der Waals surface area contributed by atoms with E-state index in [9.17, 15) is 14.4 Å². The molecule has 1 saturated heterocycles. The Morgan fingerprint density at radius 1 is 1.06 bits per heavy atom. The Bertz CT molecular complexity index is 793. The fraction of sp³-hybridized carbons (Fsp3) is 0.731. The molecule has 0 aromatic rings. The lowest BCUT2D eigenvalue weighted by Gasteiger charge is -2.45. The minimum atomic E-state index is -0.573. The molecular formula is C26H46N3O4+. The summed E-state index contributed by atoms with van der Waals surface area (Å²) >= 11 is 0. The maximum absolute atomic E-state index is 13.2. The zero-order valence-electron chi connectivity index (χ0n) is 22.6. The summed E-state index contributed by atoms with van der Waals surface area (Å²) in [6, 6.07) is 0. The van der Waals surface area contributed by atoms with Crippen molar-refractivity contribution in [2.75, 3.05) is 39.8 Å². The van der Waals surface area contributed by atoms with Crippen molar-refractivity contribution in [1.29, 1.82) is 0 Å². The van der Waals surface area contributed by atoms with Gasteiger partial charge in [-0.2, -0.15) is 0 Å². The van der Waals surface area contributed by atoms with Gasteiger partial charge in [0.25, 0.3) is 5.91 Å². The minimum Gasteiger partial charge on any atom is -0.444 e. The smallest absolute Gasteiger partial charge is 0.410 e. The lowest BCUT2D eigenvalue weighted by Crippen LogP contribution is -2.60. The highest BCUT2D eigenvalue weighted by Crippen LogP contribution is 2.33. The van der Waals surface area contributed by atoms with Crippen LogP contribution in [0.15, 0.2) is 22.9 Å². The number of ether oxygens (including phenoxy) is 1. The number of allylic oxidation sites excluding steroid dienone is 2. The molecule has 1 fully saturated rings. The molecule has 33 heavy (non-hydrogen) atoms. The minimum absolute atomic E-state index is 0.105. The van der Waals surface area contributed by atoms with Crippen molar-refractivity contribution in [2.24, 2.45) is 5.41 Å². The fourth-order valence-corrected chi connectivity index (χ4v) is 4.17. The highest BCUT2D eigenvalue weighted by Gasteiger charge is 2.40. The van der Waals surface area contributed by atoms with Crippen molar-refractivity contribution in [3.63, 3.8) is 0 Å². The first-order chi connectivity index (χ1) is 15.0. The predicted octanol–water partition coefficient (Wildman–Crippen LogP) is 4.44. The van der Waals surface area contributed by atoms with Gasteiger partial charge >= 0.3 is 6.09 Å². The van der Waals surface area contributed by atoms with Crippen LogP contribution in [0.3, 0.4) is 0 Å². The normalized spacial score (nSPS) is 18.8. The standard InChI is InChI=1S/C26H45N3O4/c1-11-19(2)23(20(3)16-28(10)24(32)33-25(5,6)7)27-22(31)18-29(17-21(4)30)14-12-26(8,9)13-15-29/h11H,12-18H2,1-10H3/p+1/b19-11-,23-20-. The number of nitrogens with one attached hydrogen (secondary N) is 1. The first-order valence-electron chi connectivity index (χ1n) is 11.9. The Labute approximate surface area is 200 Å². The molecule has 0 unspecified atom stereocenters. The lowest BCUT2D eigenvalue weighted by atomic mass is 9.81. The van der Waals surface area contributed by atoms with Gasteiger partial charge in [0.1, 0.15) is 12.1 Å². The second-order valence-corrected chi connectivity index (χ2v) is 11.5. The summed E-state index contributed by atoms with van der Waals surface area (Å²) in [5.74, 6) is 0.00417. The van der Waals surface area contributed by atoms with Crippen LogP contribution in [-0.2, 0) is 14.3 Å². The van der Waals surface area contributed by atoms with E-state index in [2.05, 4.69) is 19.2 Å². The van der Waals surface area contributed by atoms with E-state index < -0.39 is 11.7 Å². The molecule has 0 saturated carbocycles. The monoisotopic (exact) mass is 464 g/mol. The molecule has 1 heterocycles. The van der Waals surface area contributed by atoms with Gasteiger partial charge in [0.05, 0.1) is 13.1 Å². The first kappa shape index (κ1) is 28.9. The average Bonchev–Trinajstić information content (AvgIpc) is 2.66. The van der Waals surface area contributed by atoms with Crippen LogP contribution < -0.4 is 5.32 Å². The van der Waals surface area contributed by atoms with Gasteiger partial charge in [0.2, 0.25) is 0 Å². The summed E-state index contributed by atoms with van der Waals surface area (Å²) in [5, 5.41) is 3.09. The molecule has 0 aromatic carbocycles. The number of hydrogen-bond acceptors (Lipinski definition) is 4. The Morgan fingerprint density at radius 3 is 2.06 bits per heavy atom. The third-order valence-electron chi connectivity index (χ3n) is 6.26. The maximum Gasteiger partial charge on any atom is 0.410 e. The molecule has 188 valence electrons. The van der Waals surface area contributed by atoms with Crippen LogP contribution in [0.5, 0.6) is 0 Å². The van der Waals surface area contributed by atoms with E-state index in [0.29, 0.717) is 17.6 Å². The predicted molar refractivity (Wildman–Crippen MR) is 133 cm³/mol. The van der Waals surface area contributed by atoms with Crippen molar-refractivity contribution in [1.82, 2.24) is 10.2 Å². The van der Waals surface area contributed by atoms with Crippen molar-refractivity contribution in [2.45, 2.75) is 80.8 Å². The van der Waals surface area contributed by atoms with Crippen LogP contribution in [0.4, 0.5) is 4.79 Å². The molecule has 0 bridgehead atoms. The molecule has 1 rings (SSSR count). The van der Waals surface area contributed by atoms with Crippen LogP contribution >= 0.6 is 0 Å². The van der Waals surface area contributed by atoms with Crippen molar-refractivity contribution >= 4 is 17.8 Å². The van der Waals surface area contributed by atoms with Gasteiger partial charge in [-0.25, -0.2) is 4.79 Å². The van der Waals surface area contributed by atoms with Crippen molar-refractivity contribution < 1.29 is 23.6 Å². The molecule has 0 atom stereocenters. The number of likely N-dealkylation sites (tertiary alicyclic amines) is 1. The van der Waals surface area contributed by atoms with E-state index in [0.717, 1.165) is 42.8 Å². The van der Waals surface area contributed by atoms with E-state index in [4.69, 9.17) is 4.74 Å². The van der Waals surface area contributed by atoms with E-state index in [1.54, 1.807) is 14.0 Å². The number of carbonyl (C=O) groups is 3. The van der Waals surface area contributed by atoms with Crippen molar-refractivity contribution in [3.8, 4) is 0 Å². The van der Waals surface area contributed by atoms with E-state index >= 15 is 0 Å². The summed E-state index contributed by atoms with van der Waals surface area (Å²) in [4.78, 5) is 39.1. The number of nitrogens with zero attached hydrogens (tertiary/aromatic N) is 2. The number of rotatable bonds is 8. The van der Waals surface area contributed by atoms with Gasteiger partial charge in [-0.05, 0) is 58.1 Å². The highest BCUT2D eigenvalue weighted by molar-refractivity contribution is 5.81. The number of carbonyl (C=O) groups excluding carboxylic acids is 3. The molecule has 7 heteroatoms. The number of likely N-dealkylation sites (N-methyl/N-ethyl adjacent to an activating group) is 1. The number of hydrogen-bond donors (Lipinski definition) is 1. The topological polar surface area (TPSA) is 75.7 Å². The molecule has 0 aromatic heterocycles. The quantitative estimate of drug-likeness (QED) is 0.426. The number of amides is 2. The first-order valence-corrected chi connectivity index (χ1v) is 11.9. The van der Waals surface area contributed by atoms with Gasteiger partial charge in [-0.3, -0.25) is 9.59 Å². The van der Waals surface area contributed by atoms with Crippen LogP contribution in [-0.4, -0.2) is 72.5 Å². The van der Waals surface area contributed by atoms with E-state index in [1.165, 1.54) is 4.90 Å². The third kappa shape index (κ3) is 9.70. The van der Waals surface area contributed by atoms with Gasteiger partial charge in [-0.1, -0.05) is 19.9 Å². The van der Waals surface area contributed by atoms with E-state index in [-0.39, 0.29) is 23.7 Å². The number of Topliss-reactive ketones (excluding diaryl/α,β-unsaturated/α-hetero) is 1. The SMILES string of the molecule is C/C=C(C)\C(NC(=O)C[N+]1(CC(C)=O)CCC(C)(C)CC1)=C(/C)CN(C)C(=O)OC(C)(C)C. The van der Waals surface area contributed by atoms with Gasteiger partial charge in [0, 0.05) is 39.1 Å². The van der Waals surface area contributed by atoms with Gasteiger partial charge in [0.15, 0.2) is 12.3 Å². The number of piperidine rings is 1. The van der Waals surface area contributed by atoms with Crippen LogP contribution in [0.25, 0.3) is 0 Å². The van der Waals surface area contributed by atoms with Crippen LogP contribution in [0, 0.1) is 5.41 Å². The lowest BCUT2D eigenvalue weighted by molar-refractivity contribution is -0.920. The van der Waals surface area contributed by atoms with Crippen LogP contribution in [0.1, 0.15) is 75.2 Å². The summed E-state index contributed by atoms with van der Waals surface area (Å²) in [6.07, 6.45) is 3.51. The summed E-state index contributed by atoms with van der Waals surface area (Å²) in [7, 11) is 1.69. The summed E-state index contributed by atoms with van der Waals surface area (Å²) in [6.45, 7) is 20.0. The van der Waals surface area contributed by atoms with Gasteiger partial charge in [-0.15, -0.1) is 0 Å². The molecule has 7 nitrogen and oxygen atoms in total. The van der Waals surface area contributed by atoms with Crippen LogP contribution in [0.2, 0.25) is 0 Å². The molecule has 1 N–H and O–H groups in total. The number of quaternary nitrogens is 1. The summed E-state index contributed by atoms with van der Waals surface area (Å²) in [5.41, 5.74) is 2.18. The van der Waals surface area contributed by atoms with Crippen molar-refractivity contribution in [3.05, 3.63) is 22.9 Å². The average molecular weight is 465 g/mol. The van der Waals surface area contributed by atoms with Gasteiger partial charge < -0.3 is 19.4 Å². The maximum atomic E-state index is 13.2. The zero-order valence-corrected chi connectivity index (χ0v) is 22.6. The Kier molecular flexibility index (Phi) is 9.91. The molecule has 0 aliphatic carbocycles. The Balaban J connectivity index is 3.03. The molecule has 2 amide bonds. The zero-order chi connectivity index (χ0) is 25.6. The second-order valence-electron chi connectivity index (χ2n) is 11.5. The Morgan fingerprint density at radius 2 is 1.61 bits per heavy atom. The largest absolute Gasteiger partial charge is 0.444 e. The summed E-state index contributed by atoms with van der Waals surface area (Å²) < 4.78 is 5.95. The second kappa shape index (κ2) is 11.3. The Hall–Kier alpha value is -2.15. The number of ketones is 1. The molecule has 0 spiro atoms. The molecular weight excluding hydrogens is 418 g/mol. The fourth-order valence-electron chi connectivity index (χ4n) is 4.17. The van der Waals surface area contributed by atoms with E-state index in [1.807, 2.05) is 47.6 Å².